The van der Waals surface area contributed by atoms with Gasteiger partial charge in [-0.05, 0) is 22.0 Å². The number of ether oxygens (including phenoxy) is 1. The van der Waals surface area contributed by atoms with Crippen molar-refractivity contribution in [2.24, 2.45) is 0 Å². The lowest BCUT2D eigenvalue weighted by Gasteiger charge is -2.06. The van der Waals surface area contributed by atoms with Gasteiger partial charge in [-0.25, -0.2) is 8.78 Å². The zero-order chi connectivity index (χ0) is 10.7. The smallest absolute Gasteiger partial charge is 0.387 e. The van der Waals surface area contributed by atoms with Crippen LogP contribution in [-0.2, 0) is 0 Å². The van der Waals surface area contributed by atoms with Crippen LogP contribution in [0.1, 0.15) is 12.1 Å². The van der Waals surface area contributed by atoms with Crippen molar-refractivity contribution in [2.75, 3.05) is 0 Å². The van der Waals surface area contributed by atoms with Crippen molar-refractivity contribution in [3.63, 3.8) is 0 Å². The normalized spacial score (nSPS) is 11.1. The third-order valence-electron chi connectivity index (χ3n) is 1.28. The molecule has 0 bridgehead atoms. The fourth-order valence-corrected chi connectivity index (χ4v) is 1.26. The van der Waals surface area contributed by atoms with Gasteiger partial charge in [0.15, 0.2) is 0 Å². The van der Waals surface area contributed by atoms with Crippen LogP contribution in [-0.4, -0.2) is 11.6 Å². The summed E-state index contributed by atoms with van der Waals surface area (Å²) in [4.78, 5) is 3.28. The van der Waals surface area contributed by atoms with Gasteiger partial charge in [-0.2, -0.15) is 8.78 Å². The Morgan fingerprint density at radius 1 is 1.29 bits per heavy atom. The van der Waals surface area contributed by atoms with E-state index >= 15 is 0 Å². The molecule has 0 aromatic carbocycles. The summed E-state index contributed by atoms with van der Waals surface area (Å²) in [6.45, 7) is -3.00. The monoisotopic (exact) mass is 273 g/mol. The molecule has 0 amide bonds. The number of alkyl halides is 4. The number of nitrogens with zero attached hydrogens (tertiary/aromatic N) is 1. The molecule has 1 aromatic rings. The lowest BCUT2D eigenvalue weighted by Crippen LogP contribution is -2.03. The van der Waals surface area contributed by atoms with Crippen LogP contribution in [0.4, 0.5) is 17.6 Å². The Balaban J connectivity index is 2.89. The van der Waals surface area contributed by atoms with Gasteiger partial charge in [0, 0.05) is 4.47 Å². The van der Waals surface area contributed by atoms with Gasteiger partial charge in [0.1, 0.15) is 11.4 Å². The largest absolute Gasteiger partial charge is 0.433 e. The second-order valence-corrected chi connectivity index (χ2v) is 3.07. The third kappa shape index (κ3) is 2.83. The predicted octanol–water partition coefficient (Wildman–Crippen LogP) is 3.38. The SMILES string of the molecule is FC(F)Oc1cnc(C(F)F)c(Br)c1. The van der Waals surface area contributed by atoms with Crippen molar-refractivity contribution in [3.05, 3.63) is 22.4 Å². The van der Waals surface area contributed by atoms with Crippen LogP contribution in [0.15, 0.2) is 16.7 Å². The molecule has 0 atom stereocenters. The highest BCUT2D eigenvalue weighted by Gasteiger charge is 2.15. The summed E-state index contributed by atoms with van der Waals surface area (Å²) in [6, 6.07) is 1.01. The highest BCUT2D eigenvalue weighted by atomic mass is 79.9. The lowest BCUT2D eigenvalue weighted by atomic mass is 10.3. The second-order valence-electron chi connectivity index (χ2n) is 2.22. The van der Waals surface area contributed by atoms with Crippen LogP contribution in [0.5, 0.6) is 5.75 Å². The fraction of sp³-hybridized carbons (Fsp3) is 0.286. The minimum atomic E-state index is -3.00. The molecule has 1 aromatic heterocycles. The summed E-state index contributed by atoms with van der Waals surface area (Å²) < 4.78 is 51.6. The fourth-order valence-electron chi connectivity index (χ4n) is 0.759. The molecule has 1 heterocycles. The van der Waals surface area contributed by atoms with E-state index < -0.39 is 18.7 Å². The van der Waals surface area contributed by atoms with Crippen LogP contribution < -0.4 is 4.74 Å². The third-order valence-corrected chi connectivity index (χ3v) is 1.91. The molecule has 0 aliphatic heterocycles. The van der Waals surface area contributed by atoms with Gasteiger partial charge in [-0.1, -0.05) is 0 Å². The number of pyridine rings is 1. The maximum atomic E-state index is 12.1. The summed E-state index contributed by atoms with van der Waals surface area (Å²) >= 11 is 2.77. The minimum absolute atomic E-state index is 0.0642. The number of hydrogen-bond donors (Lipinski definition) is 0. The molecule has 2 nitrogen and oxygen atoms in total. The zero-order valence-corrected chi connectivity index (χ0v) is 8.14. The predicted molar refractivity (Wildman–Crippen MR) is 43.5 cm³/mol. The summed E-state index contributed by atoms with van der Waals surface area (Å²) in [7, 11) is 0. The molecule has 1 rings (SSSR count). The molecular weight excluding hydrogens is 270 g/mol. The average Bonchev–Trinajstić information content (AvgIpc) is 2.01. The summed E-state index contributed by atoms with van der Waals surface area (Å²) in [5.41, 5.74) is -0.508. The molecule has 0 aliphatic rings. The average molecular weight is 274 g/mol. The van der Waals surface area contributed by atoms with Crippen LogP contribution in [0.3, 0.4) is 0 Å². The molecule has 0 saturated heterocycles. The number of halogens is 5. The molecular formula is C7H4BrF4NO. The van der Waals surface area contributed by atoms with Gasteiger partial charge in [-0.3, -0.25) is 4.98 Å². The van der Waals surface area contributed by atoms with Crippen molar-refractivity contribution in [2.45, 2.75) is 13.0 Å². The molecule has 0 unspecified atom stereocenters. The van der Waals surface area contributed by atoms with Crippen molar-refractivity contribution < 1.29 is 22.3 Å². The van der Waals surface area contributed by atoms with E-state index in [1.54, 1.807) is 0 Å². The van der Waals surface area contributed by atoms with Gasteiger partial charge in [0.25, 0.3) is 6.43 Å². The Labute approximate surface area is 85.0 Å². The standard InChI is InChI=1S/C7H4BrF4NO/c8-4-1-3(14-7(11)12)2-13-5(4)6(9)10/h1-2,6-7H. The molecule has 78 valence electrons. The number of rotatable bonds is 3. The molecule has 7 heteroatoms. The zero-order valence-electron chi connectivity index (χ0n) is 6.55. The van der Waals surface area contributed by atoms with Gasteiger partial charge < -0.3 is 4.74 Å². The Bertz CT molecular complexity index is 321. The molecule has 0 N–H and O–H groups in total. The van der Waals surface area contributed by atoms with E-state index in [1.165, 1.54) is 0 Å². The maximum Gasteiger partial charge on any atom is 0.387 e. The van der Waals surface area contributed by atoms with Gasteiger partial charge in [0.2, 0.25) is 0 Å². The maximum absolute atomic E-state index is 12.1. The minimum Gasteiger partial charge on any atom is -0.433 e. The topological polar surface area (TPSA) is 22.1 Å². The van der Waals surface area contributed by atoms with Crippen molar-refractivity contribution in [1.82, 2.24) is 4.98 Å². The molecule has 0 saturated carbocycles. The Hall–Kier alpha value is -0.850. The van der Waals surface area contributed by atoms with Crippen molar-refractivity contribution in [1.29, 1.82) is 0 Å². The van der Waals surface area contributed by atoms with E-state index in [4.69, 9.17) is 0 Å². The molecule has 0 spiro atoms. The second kappa shape index (κ2) is 4.59. The Morgan fingerprint density at radius 2 is 1.93 bits per heavy atom. The van der Waals surface area contributed by atoms with E-state index in [0.29, 0.717) is 0 Å². The van der Waals surface area contributed by atoms with E-state index in [1.807, 2.05) is 0 Å². The molecule has 0 fully saturated rings. The highest BCUT2D eigenvalue weighted by molar-refractivity contribution is 9.10. The summed E-state index contributed by atoms with van der Waals surface area (Å²) in [5, 5.41) is 0. The summed E-state index contributed by atoms with van der Waals surface area (Å²) in [5.74, 6) is -0.267. The van der Waals surface area contributed by atoms with Crippen molar-refractivity contribution >= 4 is 15.9 Å². The Morgan fingerprint density at radius 3 is 2.36 bits per heavy atom. The first kappa shape index (κ1) is 11.2. The number of hydrogen-bond acceptors (Lipinski definition) is 2. The van der Waals surface area contributed by atoms with Gasteiger partial charge in [-0.15, -0.1) is 0 Å². The highest BCUT2D eigenvalue weighted by Crippen LogP contribution is 2.28. The van der Waals surface area contributed by atoms with Gasteiger partial charge in [0.05, 0.1) is 6.20 Å². The van der Waals surface area contributed by atoms with E-state index in [-0.39, 0.29) is 10.2 Å². The quantitative estimate of drug-likeness (QED) is 0.788. The van der Waals surface area contributed by atoms with Crippen LogP contribution >= 0.6 is 15.9 Å². The molecule has 0 radical (unpaired) electrons. The lowest BCUT2D eigenvalue weighted by molar-refractivity contribution is -0.0501. The first-order valence-electron chi connectivity index (χ1n) is 3.39. The van der Waals surface area contributed by atoms with E-state index in [2.05, 4.69) is 25.7 Å². The van der Waals surface area contributed by atoms with Gasteiger partial charge >= 0.3 is 6.61 Å². The Kier molecular flexibility index (Phi) is 3.68. The number of aromatic nitrogens is 1. The van der Waals surface area contributed by atoms with Crippen LogP contribution in [0, 0.1) is 0 Å². The van der Waals surface area contributed by atoms with Crippen LogP contribution in [0.2, 0.25) is 0 Å². The van der Waals surface area contributed by atoms with Crippen LogP contribution in [0.25, 0.3) is 0 Å². The first-order valence-corrected chi connectivity index (χ1v) is 4.18. The van der Waals surface area contributed by atoms with E-state index in [9.17, 15) is 17.6 Å². The molecule has 0 aliphatic carbocycles. The van der Waals surface area contributed by atoms with Crippen molar-refractivity contribution in [3.8, 4) is 5.75 Å². The molecule has 14 heavy (non-hydrogen) atoms. The summed E-state index contributed by atoms with van der Waals surface area (Å²) in [6.07, 6.45) is -1.94. The first-order chi connectivity index (χ1) is 6.50. The van der Waals surface area contributed by atoms with E-state index in [0.717, 1.165) is 12.3 Å².